The molecule has 1 amide bonds. The van der Waals surface area contributed by atoms with Crippen molar-refractivity contribution >= 4 is 30.7 Å². The summed E-state index contributed by atoms with van der Waals surface area (Å²) in [4.78, 5) is 43.1. The van der Waals surface area contributed by atoms with Crippen molar-refractivity contribution in [3.8, 4) is 11.4 Å². The van der Waals surface area contributed by atoms with Crippen LogP contribution in [0.25, 0.3) is 11.4 Å². The summed E-state index contributed by atoms with van der Waals surface area (Å²) in [7, 11) is 0. The van der Waals surface area contributed by atoms with Gasteiger partial charge in [-0.25, -0.2) is 4.98 Å². The topological polar surface area (TPSA) is 104 Å². The van der Waals surface area contributed by atoms with E-state index in [0.29, 0.717) is 30.2 Å². The lowest BCUT2D eigenvalue weighted by molar-refractivity contribution is -0.133. The highest BCUT2D eigenvalue weighted by atomic mass is 35.5. The first-order valence-electron chi connectivity index (χ1n) is 9.54. The summed E-state index contributed by atoms with van der Waals surface area (Å²) in [6.45, 7) is 3.71. The fourth-order valence-electron chi connectivity index (χ4n) is 3.58. The lowest BCUT2D eigenvalue weighted by atomic mass is 10.0. The Hall–Kier alpha value is -2.81. The molecule has 3 aromatic heterocycles. The van der Waals surface area contributed by atoms with Crippen molar-refractivity contribution < 1.29 is 4.79 Å². The van der Waals surface area contributed by atoms with E-state index in [4.69, 9.17) is 0 Å². The Morgan fingerprint density at radius 1 is 1.16 bits per heavy atom. The number of aromatic amines is 1. The average Bonchev–Trinajstić information content (AvgIpc) is 2.77. The van der Waals surface area contributed by atoms with Crippen molar-refractivity contribution in [3.63, 3.8) is 0 Å². The molecule has 1 unspecified atom stereocenters. The standard InChI is InChI=1S/C21H22N6O2.2ClH/c1-14-17(21(29)26-20(25-14)16-5-3-7-23-12-16)10-19(28)27-9-8-24-13-18(27)15-4-2-6-22-11-15;;/h2-7,11-12,18,24H,8-10,13H2,1H3,(H,25,26,29);2*1H. The minimum atomic E-state index is -0.294. The van der Waals surface area contributed by atoms with Crippen molar-refractivity contribution in [2.45, 2.75) is 19.4 Å². The molecule has 8 nitrogen and oxygen atoms in total. The lowest BCUT2D eigenvalue weighted by Crippen LogP contribution is -2.49. The minimum Gasteiger partial charge on any atom is -0.333 e. The zero-order valence-corrected chi connectivity index (χ0v) is 18.6. The van der Waals surface area contributed by atoms with Gasteiger partial charge in [-0.3, -0.25) is 19.6 Å². The molecule has 1 aliphatic rings. The van der Waals surface area contributed by atoms with Gasteiger partial charge in [0.15, 0.2) is 0 Å². The Labute approximate surface area is 192 Å². The number of aryl methyl sites for hydroxylation is 1. The van der Waals surface area contributed by atoms with Crippen LogP contribution < -0.4 is 10.9 Å². The quantitative estimate of drug-likeness (QED) is 0.614. The number of rotatable bonds is 4. The molecule has 4 rings (SSSR count). The number of nitrogens with one attached hydrogen (secondary N) is 2. The first-order chi connectivity index (χ1) is 14.1. The van der Waals surface area contributed by atoms with Crippen LogP contribution in [0.5, 0.6) is 0 Å². The molecule has 0 saturated carbocycles. The Kier molecular flexibility index (Phi) is 8.67. The van der Waals surface area contributed by atoms with Crippen LogP contribution in [-0.2, 0) is 11.2 Å². The largest absolute Gasteiger partial charge is 0.333 e. The number of aromatic nitrogens is 4. The van der Waals surface area contributed by atoms with E-state index in [1.165, 1.54) is 0 Å². The van der Waals surface area contributed by atoms with Gasteiger partial charge >= 0.3 is 0 Å². The van der Waals surface area contributed by atoms with Crippen LogP contribution in [-0.4, -0.2) is 50.4 Å². The molecule has 0 aromatic carbocycles. The summed E-state index contributed by atoms with van der Waals surface area (Å²) in [6, 6.07) is 7.34. The highest BCUT2D eigenvalue weighted by Gasteiger charge is 2.29. The second-order valence-corrected chi connectivity index (χ2v) is 6.99. The number of hydrogen-bond donors (Lipinski definition) is 2. The van der Waals surface area contributed by atoms with E-state index in [1.54, 1.807) is 37.8 Å². The van der Waals surface area contributed by atoms with Gasteiger partial charge in [0.1, 0.15) is 5.82 Å². The summed E-state index contributed by atoms with van der Waals surface area (Å²) in [5.41, 5.74) is 2.35. The maximum atomic E-state index is 13.1. The van der Waals surface area contributed by atoms with E-state index in [9.17, 15) is 9.59 Å². The van der Waals surface area contributed by atoms with Gasteiger partial charge in [-0.2, -0.15) is 0 Å². The molecule has 164 valence electrons. The molecule has 0 aliphatic carbocycles. The smallest absolute Gasteiger partial charge is 0.255 e. The van der Waals surface area contributed by atoms with Crippen LogP contribution in [0.2, 0.25) is 0 Å². The van der Waals surface area contributed by atoms with Crippen LogP contribution in [0.15, 0.2) is 53.8 Å². The maximum Gasteiger partial charge on any atom is 0.255 e. The summed E-state index contributed by atoms with van der Waals surface area (Å²) >= 11 is 0. The third-order valence-corrected chi connectivity index (χ3v) is 5.12. The zero-order chi connectivity index (χ0) is 20.2. The van der Waals surface area contributed by atoms with Crippen LogP contribution in [0, 0.1) is 6.92 Å². The number of hydrogen-bond acceptors (Lipinski definition) is 6. The number of nitrogens with zero attached hydrogens (tertiary/aromatic N) is 4. The predicted molar refractivity (Wildman–Crippen MR) is 123 cm³/mol. The van der Waals surface area contributed by atoms with Gasteiger partial charge in [0, 0.05) is 61.2 Å². The summed E-state index contributed by atoms with van der Waals surface area (Å²) < 4.78 is 0. The second-order valence-electron chi connectivity index (χ2n) is 6.99. The SMILES string of the molecule is Cc1nc(-c2cccnc2)[nH]c(=O)c1CC(=O)N1CCNCC1c1cccnc1.Cl.Cl. The van der Waals surface area contributed by atoms with Crippen LogP contribution in [0.4, 0.5) is 0 Å². The molecular formula is C21H24Cl2N6O2. The van der Waals surface area contributed by atoms with E-state index in [1.807, 2.05) is 23.1 Å². The number of halogens is 2. The van der Waals surface area contributed by atoms with Gasteiger partial charge in [-0.1, -0.05) is 6.07 Å². The molecule has 1 aliphatic heterocycles. The average molecular weight is 463 g/mol. The Balaban J connectivity index is 0.00000171. The molecule has 1 atom stereocenters. The Morgan fingerprint density at radius 3 is 2.55 bits per heavy atom. The minimum absolute atomic E-state index is 0. The number of pyridine rings is 2. The zero-order valence-electron chi connectivity index (χ0n) is 16.9. The number of H-pyrrole nitrogens is 1. The van der Waals surface area contributed by atoms with E-state index in [0.717, 1.165) is 17.7 Å². The molecule has 2 N–H and O–H groups in total. The van der Waals surface area contributed by atoms with Crippen molar-refractivity contribution in [2.75, 3.05) is 19.6 Å². The number of carbonyl (C=O) groups is 1. The van der Waals surface area contributed by atoms with E-state index in [-0.39, 0.29) is 48.7 Å². The van der Waals surface area contributed by atoms with Gasteiger partial charge in [0.2, 0.25) is 5.91 Å². The highest BCUT2D eigenvalue weighted by molar-refractivity contribution is 5.85. The van der Waals surface area contributed by atoms with Gasteiger partial charge in [-0.15, -0.1) is 24.8 Å². The molecule has 4 heterocycles. The van der Waals surface area contributed by atoms with Crippen molar-refractivity contribution in [3.05, 3.63) is 76.2 Å². The summed E-state index contributed by atoms with van der Waals surface area (Å²) in [5, 5.41) is 3.32. The predicted octanol–water partition coefficient (Wildman–Crippen LogP) is 2.09. The monoisotopic (exact) mass is 462 g/mol. The molecular weight excluding hydrogens is 439 g/mol. The number of carbonyl (C=O) groups excluding carboxylic acids is 1. The van der Waals surface area contributed by atoms with Crippen LogP contribution in [0.3, 0.4) is 0 Å². The van der Waals surface area contributed by atoms with Crippen molar-refractivity contribution in [1.29, 1.82) is 0 Å². The highest BCUT2D eigenvalue weighted by Crippen LogP contribution is 2.22. The first-order valence-corrected chi connectivity index (χ1v) is 9.54. The van der Waals surface area contributed by atoms with Crippen molar-refractivity contribution in [1.82, 2.24) is 30.2 Å². The van der Waals surface area contributed by atoms with Gasteiger partial charge < -0.3 is 15.2 Å². The van der Waals surface area contributed by atoms with Crippen LogP contribution in [0.1, 0.15) is 22.9 Å². The normalized spacial score (nSPS) is 15.5. The third kappa shape index (κ3) is 5.46. The lowest BCUT2D eigenvalue weighted by Gasteiger charge is -2.36. The van der Waals surface area contributed by atoms with Gasteiger partial charge in [0.05, 0.1) is 12.5 Å². The number of piperazine rings is 1. The molecule has 3 aromatic rings. The Morgan fingerprint density at radius 2 is 1.90 bits per heavy atom. The summed E-state index contributed by atoms with van der Waals surface area (Å²) in [6.07, 6.45) is 6.80. The fraction of sp³-hybridized carbons (Fsp3) is 0.286. The van der Waals surface area contributed by atoms with E-state index >= 15 is 0 Å². The molecule has 31 heavy (non-hydrogen) atoms. The van der Waals surface area contributed by atoms with Crippen molar-refractivity contribution in [2.24, 2.45) is 0 Å². The molecule has 1 fully saturated rings. The summed E-state index contributed by atoms with van der Waals surface area (Å²) in [5.74, 6) is 0.358. The molecule has 0 bridgehead atoms. The van der Waals surface area contributed by atoms with E-state index < -0.39 is 0 Å². The van der Waals surface area contributed by atoms with E-state index in [2.05, 4.69) is 25.3 Å². The third-order valence-electron chi connectivity index (χ3n) is 5.12. The molecule has 1 saturated heterocycles. The molecule has 0 radical (unpaired) electrons. The van der Waals surface area contributed by atoms with Gasteiger partial charge in [-0.05, 0) is 30.7 Å². The fourth-order valence-corrected chi connectivity index (χ4v) is 3.58. The first kappa shape index (κ1) is 24.5. The second kappa shape index (κ2) is 11.0. The number of amides is 1. The Bertz CT molecular complexity index is 1060. The molecule has 10 heteroatoms. The maximum absolute atomic E-state index is 13.1. The van der Waals surface area contributed by atoms with Crippen LogP contribution >= 0.6 is 24.8 Å². The van der Waals surface area contributed by atoms with Gasteiger partial charge in [0.25, 0.3) is 5.56 Å². The molecule has 0 spiro atoms.